The van der Waals surface area contributed by atoms with Gasteiger partial charge in [0.15, 0.2) is 0 Å². The minimum Gasteiger partial charge on any atom is -0.438 e. The quantitative estimate of drug-likeness (QED) is 0.816. The second-order valence-corrected chi connectivity index (χ2v) is 4.76. The van der Waals surface area contributed by atoms with Crippen LogP contribution in [0.25, 0.3) is 0 Å². The highest BCUT2D eigenvalue weighted by atomic mass is 35.5. The standard InChI is InChI=1S/C14H14ClN3O2/c1-9-16-12(15)8-13(17-9)20-11-7-5-4-6-10(11)14(19)18(2)3/h4-8H,1-3H3. The highest BCUT2D eigenvalue weighted by Gasteiger charge is 2.15. The summed E-state index contributed by atoms with van der Waals surface area (Å²) in [5, 5.41) is 0.295. The van der Waals surface area contributed by atoms with Crippen LogP contribution in [0.1, 0.15) is 16.2 Å². The van der Waals surface area contributed by atoms with Crippen LogP contribution in [0.5, 0.6) is 11.6 Å². The molecule has 1 amide bonds. The van der Waals surface area contributed by atoms with E-state index in [1.54, 1.807) is 45.3 Å². The van der Waals surface area contributed by atoms with E-state index in [1.165, 1.54) is 11.0 Å². The van der Waals surface area contributed by atoms with Crippen molar-refractivity contribution in [2.24, 2.45) is 0 Å². The van der Waals surface area contributed by atoms with Gasteiger partial charge in [0.25, 0.3) is 5.91 Å². The number of benzene rings is 1. The molecule has 5 nitrogen and oxygen atoms in total. The van der Waals surface area contributed by atoms with Crippen molar-refractivity contribution in [3.63, 3.8) is 0 Å². The van der Waals surface area contributed by atoms with Gasteiger partial charge in [0.2, 0.25) is 5.88 Å². The molecule has 0 unspecified atom stereocenters. The molecule has 0 saturated heterocycles. The monoisotopic (exact) mass is 291 g/mol. The molecular weight excluding hydrogens is 278 g/mol. The maximum Gasteiger partial charge on any atom is 0.257 e. The van der Waals surface area contributed by atoms with Gasteiger partial charge in [0.1, 0.15) is 16.7 Å². The number of hydrogen-bond acceptors (Lipinski definition) is 4. The number of carbonyl (C=O) groups is 1. The van der Waals surface area contributed by atoms with Gasteiger partial charge < -0.3 is 9.64 Å². The van der Waals surface area contributed by atoms with Gasteiger partial charge >= 0.3 is 0 Å². The Morgan fingerprint density at radius 3 is 2.60 bits per heavy atom. The third-order valence-electron chi connectivity index (χ3n) is 2.52. The summed E-state index contributed by atoms with van der Waals surface area (Å²) >= 11 is 5.86. The molecule has 0 atom stereocenters. The molecule has 2 rings (SSSR count). The van der Waals surface area contributed by atoms with E-state index >= 15 is 0 Å². The lowest BCUT2D eigenvalue weighted by Crippen LogP contribution is -2.22. The maximum atomic E-state index is 12.1. The predicted octanol–water partition coefficient (Wildman–Crippen LogP) is 2.93. The molecule has 1 aromatic carbocycles. The summed E-state index contributed by atoms with van der Waals surface area (Å²) in [6.45, 7) is 1.72. The second-order valence-electron chi connectivity index (χ2n) is 4.37. The van der Waals surface area contributed by atoms with Crippen molar-refractivity contribution in [2.75, 3.05) is 14.1 Å². The van der Waals surface area contributed by atoms with Gasteiger partial charge in [0.05, 0.1) is 5.56 Å². The molecule has 0 N–H and O–H groups in total. The Kier molecular flexibility index (Phi) is 4.20. The number of hydrogen-bond donors (Lipinski definition) is 0. The van der Waals surface area contributed by atoms with Crippen molar-refractivity contribution in [1.82, 2.24) is 14.9 Å². The minimum absolute atomic E-state index is 0.141. The summed E-state index contributed by atoms with van der Waals surface area (Å²) in [6.07, 6.45) is 0. The molecule has 6 heteroatoms. The zero-order valence-electron chi connectivity index (χ0n) is 11.4. The van der Waals surface area contributed by atoms with E-state index in [2.05, 4.69) is 9.97 Å². The Morgan fingerprint density at radius 2 is 1.95 bits per heavy atom. The summed E-state index contributed by atoms with van der Waals surface area (Å²) in [6, 6.07) is 8.49. The van der Waals surface area contributed by atoms with Crippen molar-refractivity contribution >= 4 is 17.5 Å². The van der Waals surface area contributed by atoms with E-state index in [4.69, 9.17) is 16.3 Å². The molecule has 20 heavy (non-hydrogen) atoms. The molecule has 0 saturated carbocycles. The number of aryl methyl sites for hydroxylation is 1. The first kappa shape index (κ1) is 14.3. The summed E-state index contributed by atoms with van der Waals surface area (Å²) < 4.78 is 5.66. The molecule has 0 radical (unpaired) electrons. The molecule has 0 bridgehead atoms. The molecule has 0 fully saturated rings. The lowest BCUT2D eigenvalue weighted by atomic mass is 10.2. The van der Waals surface area contributed by atoms with Crippen molar-refractivity contribution in [3.8, 4) is 11.6 Å². The van der Waals surface area contributed by atoms with E-state index in [1.807, 2.05) is 0 Å². The fourth-order valence-corrected chi connectivity index (χ4v) is 1.86. The largest absolute Gasteiger partial charge is 0.438 e. The lowest BCUT2D eigenvalue weighted by molar-refractivity contribution is 0.0825. The first-order valence-corrected chi connectivity index (χ1v) is 6.35. The molecule has 1 aromatic heterocycles. The highest BCUT2D eigenvalue weighted by molar-refractivity contribution is 6.29. The summed E-state index contributed by atoms with van der Waals surface area (Å²) in [7, 11) is 3.37. The number of nitrogens with zero attached hydrogens (tertiary/aromatic N) is 3. The third kappa shape index (κ3) is 3.24. The van der Waals surface area contributed by atoms with Gasteiger partial charge in [-0.25, -0.2) is 4.98 Å². The van der Waals surface area contributed by atoms with Crippen LogP contribution in [0.3, 0.4) is 0 Å². The van der Waals surface area contributed by atoms with Crippen LogP contribution in [0.15, 0.2) is 30.3 Å². The van der Waals surface area contributed by atoms with Crippen molar-refractivity contribution in [3.05, 3.63) is 46.9 Å². The van der Waals surface area contributed by atoms with Gasteiger partial charge in [-0.3, -0.25) is 4.79 Å². The van der Waals surface area contributed by atoms with E-state index < -0.39 is 0 Å². The number of carbonyl (C=O) groups excluding carboxylic acids is 1. The first-order chi connectivity index (χ1) is 9.47. The van der Waals surface area contributed by atoms with Gasteiger partial charge in [-0.05, 0) is 19.1 Å². The predicted molar refractivity (Wildman–Crippen MR) is 76.3 cm³/mol. The number of para-hydroxylation sites is 1. The highest BCUT2D eigenvalue weighted by Crippen LogP contribution is 2.25. The minimum atomic E-state index is -0.141. The van der Waals surface area contributed by atoms with Crippen molar-refractivity contribution in [2.45, 2.75) is 6.92 Å². The fraction of sp³-hybridized carbons (Fsp3) is 0.214. The Hall–Kier alpha value is -2.14. The van der Waals surface area contributed by atoms with E-state index in [9.17, 15) is 4.79 Å². The van der Waals surface area contributed by atoms with Crippen LogP contribution in [-0.2, 0) is 0 Å². The van der Waals surface area contributed by atoms with Crippen LogP contribution in [0.2, 0.25) is 5.15 Å². The van der Waals surface area contributed by atoms with Crippen LogP contribution in [0.4, 0.5) is 0 Å². The number of rotatable bonds is 3. The van der Waals surface area contributed by atoms with Crippen LogP contribution in [0, 0.1) is 6.92 Å². The normalized spacial score (nSPS) is 10.2. The van der Waals surface area contributed by atoms with E-state index in [0.717, 1.165) is 0 Å². The number of halogens is 1. The molecule has 104 valence electrons. The van der Waals surface area contributed by atoms with Gasteiger partial charge in [-0.1, -0.05) is 23.7 Å². The summed E-state index contributed by atoms with van der Waals surface area (Å²) in [4.78, 5) is 21.7. The zero-order chi connectivity index (χ0) is 14.7. The Labute approximate surface area is 122 Å². The fourth-order valence-electron chi connectivity index (χ4n) is 1.64. The van der Waals surface area contributed by atoms with Crippen LogP contribution in [-0.4, -0.2) is 34.9 Å². The summed E-state index contributed by atoms with van der Waals surface area (Å²) in [5.41, 5.74) is 0.463. The maximum absolute atomic E-state index is 12.1. The molecule has 0 aliphatic rings. The molecule has 0 aliphatic heterocycles. The SMILES string of the molecule is Cc1nc(Cl)cc(Oc2ccccc2C(=O)N(C)C)n1. The van der Waals surface area contributed by atoms with Crippen LogP contribution < -0.4 is 4.74 Å². The Bertz CT molecular complexity index is 624. The third-order valence-corrected chi connectivity index (χ3v) is 2.71. The van der Waals surface area contributed by atoms with Crippen LogP contribution >= 0.6 is 11.6 Å². The smallest absolute Gasteiger partial charge is 0.257 e. The number of aromatic nitrogens is 2. The molecule has 0 aliphatic carbocycles. The second kappa shape index (κ2) is 5.88. The van der Waals surface area contributed by atoms with Gasteiger partial charge in [-0.15, -0.1) is 0 Å². The number of amides is 1. The molecule has 1 heterocycles. The average Bonchev–Trinajstić information content (AvgIpc) is 2.37. The number of ether oxygens (including phenoxy) is 1. The molecule has 0 spiro atoms. The van der Waals surface area contributed by atoms with E-state index in [-0.39, 0.29) is 5.91 Å². The van der Waals surface area contributed by atoms with Crippen molar-refractivity contribution < 1.29 is 9.53 Å². The first-order valence-electron chi connectivity index (χ1n) is 5.97. The van der Waals surface area contributed by atoms with Crippen molar-refractivity contribution in [1.29, 1.82) is 0 Å². The van der Waals surface area contributed by atoms with Gasteiger partial charge in [-0.2, -0.15) is 4.98 Å². The van der Waals surface area contributed by atoms with Gasteiger partial charge in [0, 0.05) is 20.2 Å². The zero-order valence-corrected chi connectivity index (χ0v) is 12.2. The van der Waals surface area contributed by atoms with E-state index in [0.29, 0.717) is 28.2 Å². The lowest BCUT2D eigenvalue weighted by Gasteiger charge is -2.14. The summed E-state index contributed by atoms with van der Waals surface area (Å²) in [5.74, 6) is 1.10. The molecular formula is C14H14ClN3O2. The average molecular weight is 292 g/mol. The molecule has 2 aromatic rings. The Balaban J connectivity index is 2.36. The Morgan fingerprint density at radius 1 is 1.25 bits per heavy atom. The topological polar surface area (TPSA) is 55.3 Å².